The normalized spacial score (nSPS) is 11.6. The molecular weight excluding hydrogens is 225 g/mol. The molecule has 0 radical (unpaired) electrons. The summed E-state index contributed by atoms with van der Waals surface area (Å²) >= 11 is 0. The van der Waals surface area contributed by atoms with Crippen LogP contribution in [0.25, 0.3) is 0 Å². The number of hydrogen-bond donors (Lipinski definition) is 1. The van der Waals surface area contributed by atoms with Crippen LogP contribution in [0.1, 0.15) is 50.7 Å². The summed E-state index contributed by atoms with van der Waals surface area (Å²) in [6.07, 6.45) is 1.11. The van der Waals surface area contributed by atoms with Crippen LogP contribution in [0, 0.1) is 0 Å². The standard InChI is InChI=1S/C15H26NP/c1-11(2)13-8-7-9-14(12(3)4)15(13)16-10-17(5)6/h7-9,11-12,16H,10H2,1-6H3. The van der Waals surface area contributed by atoms with E-state index in [2.05, 4.69) is 64.5 Å². The fourth-order valence-electron chi connectivity index (χ4n) is 1.99. The van der Waals surface area contributed by atoms with Crippen molar-refractivity contribution >= 4 is 13.6 Å². The molecule has 1 aromatic carbocycles. The van der Waals surface area contributed by atoms with E-state index in [1.165, 1.54) is 16.8 Å². The van der Waals surface area contributed by atoms with Crippen molar-refractivity contribution in [2.24, 2.45) is 0 Å². The van der Waals surface area contributed by atoms with Crippen molar-refractivity contribution in [2.45, 2.75) is 39.5 Å². The van der Waals surface area contributed by atoms with Crippen molar-refractivity contribution in [3.8, 4) is 0 Å². The molecule has 0 spiro atoms. The maximum Gasteiger partial charge on any atom is 0.0413 e. The van der Waals surface area contributed by atoms with Gasteiger partial charge in [0.1, 0.15) is 0 Å². The Kier molecular flexibility index (Phi) is 5.46. The zero-order valence-corrected chi connectivity index (χ0v) is 12.9. The largest absolute Gasteiger partial charge is 0.381 e. The topological polar surface area (TPSA) is 12.0 Å². The average molecular weight is 251 g/mol. The molecule has 0 atom stereocenters. The van der Waals surface area contributed by atoms with Crippen LogP contribution in [0.4, 0.5) is 5.69 Å². The monoisotopic (exact) mass is 251 g/mol. The van der Waals surface area contributed by atoms with Gasteiger partial charge < -0.3 is 5.32 Å². The lowest BCUT2D eigenvalue weighted by Crippen LogP contribution is -2.07. The molecule has 2 heteroatoms. The van der Waals surface area contributed by atoms with Gasteiger partial charge in [0.2, 0.25) is 0 Å². The Morgan fingerprint density at radius 3 is 1.82 bits per heavy atom. The highest BCUT2D eigenvalue weighted by Gasteiger charge is 2.13. The first-order valence-electron chi connectivity index (χ1n) is 6.44. The van der Waals surface area contributed by atoms with Gasteiger partial charge in [-0.2, -0.15) is 0 Å². The van der Waals surface area contributed by atoms with E-state index in [1.54, 1.807) is 0 Å². The van der Waals surface area contributed by atoms with Crippen LogP contribution in [0.15, 0.2) is 18.2 Å². The third-order valence-electron chi connectivity index (χ3n) is 2.94. The minimum Gasteiger partial charge on any atom is -0.381 e. The molecule has 1 nitrogen and oxygen atoms in total. The van der Waals surface area contributed by atoms with Gasteiger partial charge >= 0.3 is 0 Å². The summed E-state index contributed by atoms with van der Waals surface area (Å²) in [6.45, 7) is 13.7. The molecule has 0 bridgehead atoms. The smallest absolute Gasteiger partial charge is 0.0413 e. The molecule has 0 unspecified atom stereocenters. The van der Waals surface area contributed by atoms with Crippen LogP contribution in [-0.4, -0.2) is 19.6 Å². The molecule has 0 aromatic heterocycles. The van der Waals surface area contributed by atoms with Crippen LogP contribution in [0.3, 0.4) is 0 Å². The molecule has 1 aromatic rings. The maximum atomic E-state index is 3.67. The van der Waals surface area contributed by atoms with Gasteiger partial charge in [-0.15, -0.1) is 0 Å². The summed E-state index contributed by atoms with van der Waals surface area (Å²) in [5, 5.41) is 3.67. The Morgan fingerprint density at radius 1 is 1.00 bits per heavy atom. The van der Waals surface area contributed by atoms with E-state index in [9.17, 15) is 0 Å². The van der Waals surface area contributed by atoms with Crippen LogP contribution in [0.2, 0.25) is 0 Å². The van der Waals surface area contributed by atoms with Crippen molar-refractivity contribution in [1.82, 2.24) is 0 Å². The summed E-state index contributed by atoms with van der Waals surface area (Å²) in [5.74, 6) is 1.16. The first-order valence-corrected chi connectivity index (χ1v) is 8.87. The van der Waals surface area contributed by atoms with E-state index in [0.717, 1.165) is 6.29 Å². The van der Waals surface area contributed by atoms with E-state index in [-0.39, 0.29) is 7.92 Å². The van der Waals surface area contributed by atoms with Gasteiger partial charge in [-0.1, -0.05) is 53.8 Å². The maximum absolute atomic E-state index is 3.67. The molecule has 0 fully saturated rings. The number of hydrogen-bond acceptors (Lipinski definition) is 1. The van der Waals surface area contributed by atoms with Crippen molar-refractivity contribution in [1.29, 1.82) is 0 Å². The summed E-state index contributed by atoms with van der Waals surface area (Å²) in [6, 6.07) is 6.70. The lowest BCUT2D eigenvalue weighted by atomic mass is 9.93. The van der Waals surface area contributed by atoms with E-state index >= 15 is 0 Å². The minimum absolute atomic E-state index is 0.101. The Labute approximate surface area is 108 Å². The van der Waals surface area contributed by atoms with E-state index in [1.807, 2.05) is 0 Å². The quantitative estimate of drug-likeness (QED) is 0.722. The predicted octanol–water partition coefficient (Wildman–Crippen LogP) is 5.04. The molecule has 96 valence electrons. The third kappa shape index (κ3) is 4.00. The number of anilines is 1. The summed E-state index contributed by atoms with van der Waals surface area (Å²) in [7, 11) is 0.101. The molecule has 1 rings (SSSR count). The van der Waals surface area contributed by atoms with Gasteiger partial charge in [0, 0.05) is 12.0 Å². The zero-order valence-electron chi connectivity index (χ0n) is 12.0. The molecule has 0 amide bonds. The Hall–Kier alpha value is -0.550. The molecule has 0 aliphatic heterocycles. The van der Waals surface area contributed by atoms with E-state index < -0.39 is 0 Å². The number of benzene rings is 1. The third-order valence-corrected chi connectivity index (χ3v) is 3.74. The predicted molar refractivity (Wildman–Crippen MR) is 81.9 cm³/mol. The molecular formula is C15H26NP. The van der Waals surface area contributed by atoms with Gasteiger partial charge in [-0.25, -0.2) is 0 Å². The SMILES string of the molecule is CC(C)c1cccc(C(C)C)c1NCP(C)C. The van der Waals surface area contributed by atoms with E-state index in [0.29, 0.717) is 11.8 Å². The molecule has 0 heterocycles. The van der Waals surface area contributed by atoms with Gasteiger partial charge in [0.05, 0.1) is 0 Å². The molecule has 0 saturated carbocycles. The average Bonchev–Trinajstić information content (AvgIpc) is 2.25. The number of rotatable bonds is 5. The lowest BCUT2D eigenvalue weighted by Gasteiger charge is -2.21. The number of para-hydroxylation sites is 1. The van der Waals surface area contributed by atoms with Crippen LogP contribution in [-0.2, 0) is 0 Å². The molecule has 17 heavy (non-hydrogen) atoms. The fraction of sp³-hybridized carbons (Fsp3) is 0.600. The second-order valence-corrected chi connectivity index (χ2v) is 8.01. The van der Waals surface area contributed by atoms with Crippen molar-refractivity contribution in [3.05, 3.63) is 29.3 Å². The van der Waals surface area contributed by atoms with Crippen molar-refractivity contribution in [3.63, 3.8) is 0 Å². The fourth-order valence-corrected chi connectivity index (χ4v) is 2.47. The number of nitrogens with one attached hydrogen (secondary N) is 1. The van der Waals surface area contributed by atoms with Crippen molar-refractivity contribution < 1.29 is 0 Å². The highest BCUT2D eigenvalue weighted by molar-refractivity contribution is 7.56. The van der Waals surface area contributed by atoms with Gasteiger partial charge in [0.15, 0.2) is 0 Å². The van der Waals surface area contributed by atoms with Gasteiger partial charge in [0.25, 0.3) is 0 Å². The van der Waals surface area contributed by atoms with Gasteiger partial charge in [-0.3, -0.25) is 0 Å². The summed E-state index contributed by atoms with van der Waals surface area (Å²) in [4.78, 5) is 0. The van der Waals surface area contributed by atoms with Crippen LogP contribution < -0.4 is 5.32 Å². The summed E-state index contributed by atoms with van der Waals surface area (Å²) < 4.78 is 0. The molecule has 0 aliphatic rings. The highest BCUT2D eigenvalue weighted by Crippen LogP contribution is 2.34. The zero-order chi connectivity index (χ0) is 13.0. The van der Waals surface area contributed by atoms with Crippen molar-refractivity contribution in [2.75, 3.05) is 24.9 Å². The van der Waals surface area contributed by atoms with Gasteiger partial charge in [-0.05, 0) is 36.3 Å². The second kappa shape index (κ2) is 6.40. The minimum atomic E-state index is 0.101. The molecule has 0 aliphatic carbocycles. The Morgan fingerprint density at radius 2 is 1.47 bits per heavy atom. The second-order valence-electron chi connectivity index (χ2n) is 5.54. The van der Waals surface area contributed by atoms with Crippen LogP contribution in [0.5, 0.6) is 0 Å². The Bertz CT molecular complexity index is 330. The Balaban J connectivity index is 3.09. The highest BCUT2D eigenvalue weighted by atomic mass is 31.1. The van der Waals surface area contributed by atoms with E-state index in [4.69, 9.17) is 0 Å². The first-order chi connectivity index (χ1) is 7.93. The molecule has 0 saturated heterocycles. The molecule has 1 N–H and O–H groups in total. The first kappa shape index (κ1) is 14.5. The summed E-state index contributed by atoms with van der Waals surface area (Å²) in [5.41, 5.74) is 4.29. The van der Waals surface area contributed by atoms with Crippen LogP contribution >= 0.6 is 7.92 Å². The lowest BCUT2D eigenvalue weighted by molar-refractivity contribution is 0.836.